The molecule has 0 saturated heterocycles. The lowest BCUT2D eigenvalue weighted by Gasteiger charge is -2.08. The van der Waals surface area contributed by atoms with Crippen LogP contribution in [0.2, 0.25) is 0 Å². The summed E-state index contributed by atoms with van der Waals surface area (Å²) in [5.74, 6) is -4.13. The summed E-state index contributed by atoms with van der Waals surface area (Å²) in [6, 6.07) is 4.64. The first-order chi connectivity index (χ1) is 9.88. The van der Waals surface area contributed by atoms with Gasteiger partial charge in [0.15, 0.2) is 17.4 Å². The maximum absolute atomic E-state index is 13.5. The maximum Gasteiger partial charge on any atom is 0.271 e. The molecule has 0 radical (unpaired) electrons. The zero-order valence-corrected chi connectivity index (χ0v) is 10.4. The van der Waals surface area contributed by atoms with Gasteiger partial charge >= 0.3 is 0 Å². The first-order valence-corrected chi connectivity index (χ1v) is 5.73. The highest BCUT2D eigenvalue weighted by atomic mass is 19.1. The van der Waals surface area contributed by atoms with Crippen molar-refractivity contribution in [2.45, 2.75) is 6.54 Å². The lowest BCUT2D eigenvalue weighted by atomic mass is 10.2. The number of phenolic OH excluding ortho intramolecular Hbond substituents is 1. The van der Waals surface area contributed by atoms with Crippen molar-refractivity contribution in [2.75, 3.05) is 5.32 Å². The number of hydrogen-bond donors (Lipinski definition) is 2. The molecule has 0 saturated carbocycles. The predicted octanol–water partition coefficient (Wildman–Crippen LogP) is 3.33. The molecular formula is C13H9F3N2O3. The summed E-state index contributed by atoms with van der Waals surface area (Å²) in [5.41, 5.74) is -0.381. The van der Waals surface area contributed by atoms with E-state index in [1.54, 1.807) is 0 Å². The molecule has 2 N–H and O–H groups in total. The van der Waals surface area contributed by atoms with Gasteiger partial charge in [-0.25, -0.2) is 13.2 Å². The molecule has 110 valence electrons. The van der Waals surface area contributed by atoms with Crippen molar-refractivity contribution in [1.82, 2.24) is 0 Å². The van der Waals surface area contributed by atoms with Crippen LogP contribution in [0.3, 0.4) is 0 Å². The Morgan fingerprint density at radius 3 is 2.29 bits per heavy atom. The number of aromatic hydroxyl groups is 1. The van der Waals surface area contributed by atoms with Crippen molar-refractivity contribution in [2.24, 2.45) is 0 Å². The fourth-order valence-corrected chi connectivity index (χ4v) is 1.68. The van der Waals surface area contributed by atoms with Crippen LogP contribution in [0.25, 0.3) is 0 Å². The third-order valence-electron chi connectivity index (χ3n) is 2.72. The SMILES string of the molecule is O=[N+]([O-])c1ccc(F)c(NCc2cc(F)c(O)c(F)c2)c1. The van der Waals surface area contributed by atoms with E-state index in [-0.39, 0.29) is 23.5 Å². The molecule has 0 heterocycles. The molecule has 0 bridgehead atoms. The van der Waals surface area contributed by atoms with Gasteiger partial charge in [-0.1, -0.05) is 0 Å². The summed E-state index contributed by atoms with van der Waals surface area (Å²) in [5, 5.41) is 22.1. The maximum atomic E-state index is 13.5. The number of nitrogens with one attached hydrogen (secondary N) is 1. The van der Waals surface area contributed by atoms with E-state index >= 15 is 0 Å². The number of phenols is 1. The van der Waals surface area contributed by atoms with E-state index in [1.807, 2.05) is 0 Å². The molecule has 2 aromatic rings. The van der Waals surface area contributed by atoms with Gasteiger partial charge in [-0.3, -0.25) is 10.1 Å². The zero-order valence-electron chi connectivity index (χ0n) is 10.4. The van der Waals surface area contributed by atoms with Crippen LogP contribution in [0.1, 0.15) is 5.56 Å². The van der Waals surface area contributed by atoms with Crippen molar-refractivity contribution in [3.63, 3.8) is 0 Å². The number of benzene rings is 2. The minimum absolute atomic E-state index is 0.105. The van der Waals surface area contributed by atoms with E-state index in [0.29, 0.717) is 0 Å². The molecule has 5 nitrogen and oxygen atoms in total. The van der Waals surface area contributed by atoms with Crippen LogP contribution in [-0.4, -0.2) is 10.0 Å². The molecule has 0 atom stereocenters. The zero-order chi connectivity index (χ0) is 15.6. The minimum Gasteiger partial charge on any atom is -0.503 e. The van der Waals surface area contributed by atoms with E-state index in [2.05, 4.69) is 5.32 Å². The standard InChI is InChI=1S/C13H9F3N2O3/c14-9-2-1-8(18(20)21)5-12(9)17-6-7-3-10(15)13(19)11(16)4-7/h1-5,17,19H,6H2. The van der Waals surface area contributed by atoms with E-state index < -0.39 is 28.1 Å². The average Bonchev–Trinajstić information content (AvgIpc) is 2.43. The molecule has 0 aliphatic carbocycles. The normalized spacial score (nSPS) is 10.4. The van der Waals surface area contributed by atoms with Gasteiger partial charge in [0.05, 0.1) is 10.6 Å². The summed E-state index contributed by atoms with van der Waals surface area (Å²) < 4.78 is 39.8. The third kappa shape index (κ3) is 3.22. The lowest BCUT2D eigenvalue weighted by Crippen LogP contribution is -2.03. The smallest absolute Gasteiger partial charge is 0.271 e. The second-order valence-electron chi connectivity index (χ2n) is 4.18. The van der Waals surface area contributed by atoms with Gasteiger partial charge in [0.25, 0.3) is 5.69 Å². The van der Waals surface area contributed by atoms with Crippen LogP contribution in [0.4, 0.5) is 24.5 Å². The minimum atomic E-state index is -1.15. The highest BCUT2D eigenvalue weighted by Gasteiger charge is 2.12. The molecule has 2 aromatic carbocycles. The summed E-state index contributed by atoms with van der Waals surface area (Å²) in [4.78, 5) is 9.90. The van der Waals surface area contributed by atoms with Crippen LogP contribution in [0.5, 0.6) is 5.75 Å². The number of nitro groups is 1. The van der Waals surface area contributed by atoms with Crippen LogP contribution in [0.15, 0.2) is 30.3 Å². The Labute approximate surface area is 116 Å². The highest BCUT2D eigenvalue weighted by molar-refractivity contribution is 5.52. The molecule has 8 heteroatoms. The quantitative estimate of drug-likeness (QED) is 0.670. The number of nitro benzene ring substituents is 1. The monoisotopic (exact) mass is 298 g/mol. The molecule has 0 aliphatic rings. The number of halogens is 3. The van der Waals surface area contributed by atoms with Crippen molar-refractivity contribution in [3.05, 3.63) is 63.5 Å². The fraction of sp³-hybridized carbons (Fsp3) is 0.0769. The van der Waals surface area contributed by atoms with Crippen LogP contribution in [-0.2, 0) is 6.54 Å². The van der Waals surface area contributed by atoms with Crippen molar-refractivity contribution >= 4 is 11.4 Å². The molecule has 0 fully saturated rings. The van der Waals surface area contributed by atoms with Gasteiger partial charge in [0.2, 0.25) is 0 Å². The van der Waals surface area contributed by atoms with Crippen molar-refractivity contribution < 1.29 is 23.2 Å². The Kier molecular flexibility index (Phi) is 3.97. The molecule has 2 rings (SSSR count). The topological polar surface area (TPSA) is 75.4 Å². The Hall–Kier alpha value is -2.77. The summed E-state index contributed by atoms with van der Waals surface area (Å²) in [7, 11) is 0. The predicted molar refractivity (Wildman–Crippen MR) is 68.4 cm³/mol. The Balaban J connectivity index is 2.20. The Morgan fingerprint density at radius 2 is 1.71 bits per heavy atom. The van der Waals surface area contributed by atoms with E-state index in [9.17, 15) is 23.3 Å². The van der Waals surface area contributed by atoms with Gasteiger partial charge in [0, 0.05) is 18.7 Å². The van der Waals surface area contributed by atoms with Gasteiger partial charge < -0.3 is 10.4 Å². The Bertz CT molecular complexity index is 684. The molecule has 0 aliphatic heterocycles. The number of non-ortho nitro benzene ring substituents is 1. The number of anilines is 1. The summed E-state index contributed by atoms with van der Waals surface area (Å²) >= 11 is 0. The van der Waals surface area contributed by atoms with E-state index in [1.165, 1.54) is 0 Å². The number of rotatable bonds is 4. The molecule has 21 heavy (non-hydrogen) atoms. The molecule has 0 amide bonds. The third-order valence-corrected chi connectivity index (χ3v) is 2.72. The van der Waals surface area contributed by atoms with E-state index in [4.69, 9.17) is 5.11 Å². The fourth-order valence-electron chi connectivity index (χ4n) is 1.68. The molecule has 0 unspecified atom stereocenters. The van der Waals surface area contributed by atoms with E-state index in [0.717, 1.165) is 30.3 Å². The van der Waals surface area contributed by atoms with Gasteiger partial charge in [-0.15, -0.1) is 0 Å². The summed E-state index contributed by atoms with van der Waals surface area (Å²) in [6.07, 6.45) is 0. The van der Waals surface area contributed by atoms with Crippen LogP contribution in [0, 0.1) is 27.6 Å². The second-order valence-corrected chi connectivity index (χ2v) is 4.18. The van der Waals surface area contributed by atoms with Crippen molar-refractivity contribution in [1.29, 1.82) is 0 Å². The first-order valence-electron chi connectivity index (χ1n) is 5.73. The molecule has 0 spiro atoms. The van der Waals surface area contributed by atoms with Gasteiger partial charge in [-0.05, 0) is 23.8 Å². The first kappa shape index (κ1) is 14.6. The van der Waals surface area contributed by atoms with Crippen LogP contribution >= 0.6 is 0 Å². The number of nitrogens with zero attached hydrogens (tertiary/aromatic N) is 1. The van der Waals surface area contributed by atoms with Gasteiger partial charge in [0.1, 0.15) is 5.82 Å². The summed E-state index contributed by atoms with van der Waals surface area (Å²) in [6.45, 7) is -0.174. The second kappa shape index (κ2) is 5.70. The average molecular weight is 298 g/mol. The Morgan fingerprint density at radius 1 is 1.10 bits per heavy atom. The van der Waals surface area contributed by atoms with Crippen LogP contribution < -0.4 is 5.32 Å². The highest BCUT2D eigenvalue weighted by Crippen LogP contribution is 2.24. The lowest BCUT2D eigenvalue weighted by molar-refractivity contribution is -0.384. The number of hydrogen-bond acceptors (Lipinski definition) is 4. The molecular weight excluding hydrogens is 289 g/mol. The largest absolute Gasteiger partial charge is 0.503 e. The van der Waals surface area contributed by atoms with Gasteiger partial charge in [-0.2, -0.15) is 0 Å². The molecule has 0 aromatic heterocycles. The van der Waals surface area contributed by atoms with Crippen molar-refractivity contribution in [3.8, 4) is 5.75 Å².